The molecule has 0 saturated carbocycles. The van der Waals surface area contributed by atoms with Crippen molar-refractivity contribution in [3.05, 3.63) is 47.6 Å². The number of aromatic nitrogens is 5. The van der Waals surface area contributed by atoms with Crippen LogP contribution in [0.3, 0.4) is 0 Å². The average molecular weight is 462 g/mol. The average Bonchev–Trinajstić information content (AvgIpc) is 3.38. The second-order valence-electron chi connectivity index (χ2n) is 7.28. The number of carbonyl (C=O) groups excluding carboxylic acids is 1. The highest BCUT2D eigenvalue weighted by atomic mass is 32.2. The van der Waals surface area contributed by atoms with Gasteiger partial charge in [0, 0.05) is 26.2 Å². The number of amides is 1. The quantitative estimate of drug-likeness (QED) is 0.489. The van der Waals surface area contributed by atoms with Crippen molar-refractivity contribution in [1.82, 2.24) is 34.6 Å². The number of benzene rings is 1. The van der Waals surface area contributed by atoms with E-state index in [-0.39, 0.29) is 55.9 Å². The summed E-state index contributed by atoms with van der Waals surface area (Å²) >= 11 is 0. The minimum Gasteiger partial charge on any atom is -0.485 e. The number of sulfonamides is 1. The van der Waals surface area contributed by atoms with Crippen molar-refractivity contribution in [2.45, 2.75) is 31.9 Å². The summed E-state index contributed by atoms with van der Waals surface area (Å²) in [6, 6.07) is 9.24. The molecule has 1 amide bonds. The molecule has 13 heteroatoms. The molecule has 2 aromatic heterocycles. The molecule has 32 heavy (non-hydrogen) atoms. The third kappa shape index (κ3) is 4.62. The third-order valence-corrected chi connectivity index (χ3v) is 7.18. The molecular weight excluding hydrogens is 438 g/mol. The molecule has 1 aliphatic rings. The van der Waals surface area contributed by atoms with Crippen LogP contribution in [0.15, 0.2) is 39.8 Å². The number of aryl methyl sites for hydroxylation is 2. The second-order valence-corrected chi connectivity index (χ2v) is 9.15. The van der Waals surface area contributed by atoms with Crippen LogP contribution in [0.25, 0.3) is 0 Å². The largest absolute Gasteiger partial charge is 0.485 e. The highest BCUT2D eigenvalue weighted by molar-refractivity contribution is 7.89. The number of carbonyl (C=O) groups is 1. The lowest BCUT2D eigenvalue weighted by Gasteiger charge is -2.33. The molecule has 0 N–H and O–H groups in total. The Morgan fingerprint density at radius 1 is 1.12 bits per heavy atom. The summed E-state index contributed by atoms with van der Waals surface area (Å²) < 4.78 is 37.7. The highest BCUT2D eigenvalue weighted by Crippen LogP contribution is 2.24. The molecule has 3 aromatic rings. The number of hydrogen-bond donors (Lipinski definition) is 0. The molecule has 0 unspecified atom stereocenters. The molecule has 170 valence electrons. The summed E-state index contributed by atoms with van der Waals surface area (Å²) in [5.74, 6) is 1.08. The normalized spacial score (nSPS) is 15.1. The van der Waals surface area contributed by atoms with Crippen molar-refractivity contribution in [2.24, 2.45) is 0 Å². The first-order valence-electron chi connectivity index (χ1n) is 10.00. The Bertz CT molecular complexity index is 1160. The number of piperazine rings is 1. The van der Waals surface area contributed by atoms with Crippen LogP contribution < -0.4 is 4.74 Å². The first-order chi connectivity index (χ1) is 15.3. The van der Waals surface area contributed by atoms with Gasteiger partial charge in [0.1, 0.15) is 22.9 Å². The maximum atomic E-state index is 12.9. The van der Waals surface area contributed by atoms with Crippen molar-refractivity contribution >= 4 is 15.9 Å². The lowest BCUT2D eigenvalue weighted by Crippen LogP contribution is -2.51. The van der Waals surface area contributed by atoms with Crippen molar-refractivity contribution in [3.63, 3.8) is 0 Å². The van der Waals surface area contributed by atoms with Gasteiger partial charge in [-0.15, -0.1) is 10.2 Å². The molecule has 12 nitrogen and oxygen atoms in total. The number of rotatable bonds is 7. The maximum absolute atomic E-state index is 12.9. The number of para-hydroxylation sites is 1. The molecule has 0 radical (unpaired) electrons. The Morgan fingerprint density at radius 3 is 2.50 bits per heavy atom. The first kappa shape index (κ1) is 21.9. The molecule has 4 rings (SSSR count). The van der Waals surface area contributed by atoms with Crippen molar-refractivity contribution < 1.29 is 22.5 Å². The van der Waals surface area contributed by atoms with Gasteiger partial charge >= 0.3 is 0 Å². The minimum atomic E-state index is -3.73. The van der Waals surface area contributed by atoms with Crippen LogP contribution in [-0.4, -0.2) is 75.1 Å². The Labute approximate surface area is 184 Å². The summed E-state index contributed by atoms with van der Waals surface area (Å²) in [4.78, 5) is 15.5. The molecule has 3 heterocycles. The summed E-state index contributed by atoms with van der Waals surface area (Å²) in [5.41, 5.74) is 0.324. The van der Waals surface area contributed by atoms with E-state index in [0.29, 0.717) is 17.3 Å². The molecule has 0 atom stereocenters. The summed E-state index contributed by atoms with van der Waals surface area (Å²) in [6.07, 6.45) is 0. The maximum Gasteiger partial charge on any atom is 0.248 e. The van der Waals surface area contributed by atoms with Gasteiger partial charge in [-0.05, 0) is 31.2 Å². The standard InChI is InChI=1S/C19H23N7O5S/c1-14-19(15(2)31-22-14)32(28,29)25-10-8-24(9-11-25)18(27)12-26-21-17(20-23-26)13-30-16-6-4-3-5-7-16/h3-7H,8-13H2,1-2H3. The van der Waals surface area contributed by atoms with E-state index in [1.807, 2.05) is 30.3 Å². The Kier molecular flexibility index (Phi) is 6.19. The van der Waals surface area contributed by atoms with E-state index >= 15 is 0 Å². The number of nitrogens with zero attached hydrogens (tertiary/aromatic N) is 7. The van der Waals surface area contributed by atoms with Crippen LogP contribution in [0, 0.1) is 13.8 Å². The Hall–Kier alpha value is -3.32. The van der Waals surface area contributed by atoms with Gasteiger partial charge in [-0.3, -0.25) is 4.79 Å². The van der Waals surface area contributed by atoms with Crippen LogP contribution in [0.4, 0.5) is 0 Å². The molecule has 0 aliphatic carbocycles. The van der Waals surface area contributed by atoms with Gasteiger partial charge in [0.2, 0.25) is 21.8 Å². The van der Waals surface area contributed by atoms with Crippen LogP contribution in [0.5, 0.6) is 5.75 Å². The molecule has 0 spiro atoms. The Balaban J connectivity index is 1.30. The minimum absolute atomic E-state index is 0.0883. The van der Waals surface area contributed by atoms with Gasteiger partial charge < -0.3 is 14.2 Å². The fraction of sp³-hybridized carbons (Fsp3) is 0.421. The zero-order valence-electron chi connectivity index (χ0n) is 17.7. The zero-order valence-corrected chi connectivity index (χ0v) is 18.5. The van der Waals surface area contributed by atoms with Gasteiger partial charge in [-0.25, -0.2) is 8.42 Å². The fourth-order valence-electron chi connectivity index (χ4n) is 3.44. The fourth-order valence-corrected chi connectivity index (χ4v) is 5.15. The van der Waals surface area contributed by atoms with E-state index in [4.69, 9.17) is 9.26 Å². The predicted molar refractivity (Wildman–Crippen MR) is 110 cm³/mol. The lowest BCUT2D eigenvalue weighted by atomic mass is 10.3. The van der Waals surface area contributed by atoms with E-state index in [1.54, 1.807) is 18.7 Å². The smallest absolute Gasteiger partial charge is 0.248 e. The first-order valence-corrected chi connectivity index (χ1v) is 11.4. The van der Waals surface area contributed by atoms with Crippen LogP contribution in [0.1, 0.15) is 17.3 Å². The second kappa shape index (κ2) is 9.04. The van der Waals surface area contributed by atoms with Crippen molar-refractivity contribution in [1.29, 1.82) is 0 Å². The van der Waals surface area contributed by atoms with E-state index in [1.165, 1.54) is 9.10 Å². The van der Waals surface area contributed by atoms with E-state index in [0.717, 1.165) is 0 Å². The predicted octanol–water partition coefficient (Wildman–Crippen LogP) is 0.390. The monoisotopic (exact) mass is 461 g/mol. The summed E-state index contributed by atoms with van der Waals surface area (Å²) in [7, 11) is -3.73. The molecule has 0 bridgehead atoms. The van der Waals surface area contributed by atoms with Gasteiger partial charge in [-0.1, -0.05) is 23.4 Å². The molecule has 1 aromatic carbocycles. The molecule has 1 fully saturated rings. The zero-order chi connectivity index (χ0) is 22.7. The third-order valence-electron chi connectivity index (χ3n) is 5.04. The van der Waals surface area contributed by atoms with E-state index < -0.39 is 10.0 Å². The van der Waals surface area contributed by atoms with E-state index in [9.17, 15) is 13.2 Å². The SMILES string of the molecule is Cc1noc(C)c1S(=O)(=O)N1CCN(C(=O)Cn2nnc(COc3ccccc3)n2)CC1. The van der Waals surface area contributed by atoms with Gasteiger partial charge in [0.25, 0.3) is 0 Å². The highest BCUT2D eigenvalue weighted by Gasteiger charge is 2.34. The van der Waals surface area contributed by atoms with Gasteiger partial charge in [0.15, 0.2) is 12.4 Å². The lowest BCUT2D eigenvalue weighted by molar-refractivity contribution is -0.133. The number of hydrogen-bond acceptors (Lipinski definition) is 9. The summed E-state index contributed by atoms with van der Waals surface area (Å²) in [6.45, 7) is 4.09. The van der Waals surface area contributed by atoms with Crippen molar-refractivity contribution in [2.75, 3.05) is 26.2 Å². The number of tetrazole rings is 1. The topological polar surface area (TPSA) is 137 Å². The van der Waals surface area contributed by atoms with E-state index in [2.05, 4.69) is 20.6 Å². The van der Waals surface area contributed by atoms with Crippen LogP contribution in [0.2, 0.25) is 0 Å². The molecular formula is C19H23N7O5S. The van der Waals surface area contributed by atoms with Crippen LogP contribution in [-0.2, 0) is 28.0 Å². The molecule has 1 aliphatic heterocycles. The Morgan fingerprint density at radius 2 is 1.84 bits per heavy atom. The van der Waals surface area contributed by atoms with Crippen LogP contribution >= 0.6 is 0 Å². The van der Waals surface area contributed by atoms with Gasteiger partial charge in [-0.2, -0.15) is 9.10 Å². The van der Waals surface area contributed by atoms with Gasteiger partial charge in [0.05, 0.1) is 0 Å². The van der Waals surface area contributed by atoms with Crippen molar-refractivity contribution in [3.8, 4) is 5.75 Å². The summed E-state index contributed by atoms with van der Waals surface area (Å²) in [5, 5.41) is 15.7. The number of ether oxygens (including phenoxy) is 1. The molecule has 1 saturated heterocycles.